The summed E-state index contributed by atoms with van der Waals surface area (Å²) < 4.78 is 1.63. The van der Waals surface area contributed by atoms with E-state index in [0.717, 1.165) is 12.8 Å². The zero-order valence-corrected chi connectivity index (χ0v) is 12.5. The molecule has 1 unspecified atom stereocenters. The zero-order chi connectivity index (χ0) is 14.4. The van der Waals surface area contributed by atoms with E-state index in [0.29, 0.717) is 6.54 Å². The normalized spacial score (nSPS) is 14.6. The van der Waals surface area contributed by atoms with Crippen LogP contribution < -0.4 is 0 Å². The predicted octanol–water partition coefficient (Wildman–Crippen LogP) is 2.64. The van der Waals surface area contributed by atoms with E-state index in [2.05, 4.69) is 28.8 Å². The van der Waals surface area contributed by atoms with E-state index in [1.165, 1.54) is 19.2 Å². The van der Waals surface area contributed by atoms with Gasteiger partial charge in [-0.3, -0.25) is 0 Å². The number of rotatable bonds is 5. The minimum Gasteiger partial charge on any atom is -0.375 e. The van der Waals surface area contributed by atoms with Crippen molar-refractivity contribution < 1.29 is 5.11 Å². The van der Waals surface area contributed by atoms with Crippen LogP contribution in [0.5, 0.6) is 0 Å². The number of aliphatic hydroxyl groups is 1. The van der Waals surface area contributed by atoms with E-state index >= 15 is 0 Å². The van der Waals surface area contributed by atoms with Crippen LogP contribution >= 0.6 is 0 Å². The third-order valence-electron chi connectivity index (χ3n) is 3.30. The molecule has 1 heterocycles. The third-order valence-corrected chi connectivity index (χ3v) is 3.30. The molecule has 0 bridgehead atoms. The highest BCUT2D eigenvalue weighted by Crippen LogP contribution is 2.31. The summed E-state index contributed by atoms with van der Waals surface area (Å²) >= 11 is 0. The van der Waals surface area contributed by atoms with E-state index < -0.39 is 5.60 Å². The fourth-order valence-electron chi connectivity index (χ4n) is 1.69. The minimum atomic E-state index is -1.09. The van der Waals surface area contributed by atoms with Gasteiger partial charge in [0, 0.05) is 11.8 Å². The Morgan fingerprint density at radius 2 is 2.00 bits per heavy atom. The van der Waals surface area contributed by atoms with Gasteiger partial charge in [0.05, 0.1) is 6.54 Å². The number of nitrogens with zero attached hydrogens (tertiary/aromatic N) is 3. The van der Waals surface area contributed by atoms with Crippen molar-refractivity contribution in [3.63, 3.8) is 0 Å². The van der Waals surface area contributed by atoms with Crippen LogP contribution in [-0.4, -0.2) is 25.5 Å². The SMILES string of the molecule is CCCCCC#CC(O)(Cn1cncn1)C(C)(C)C. The summed E-state index contributed by atoms with van der Waals surface area (Å²) in [6, 6.07) is 0. The Kier molecular flexibility index (Phi) is 5.56. The first-order valence-corrected chi connectivity index (χ1v) is 6.94. The highest BCUT2D eigenvalue weighted by Gasteiger charge is 2.39. The first-order valence-electron chi connectivity index (χ1n) is 6.94. The van der Waals surface area contributed by atoms with Gasteiger partial charge in [-0.2, -0.15) is 5.10 Å². The number of unbranched alkanes of at least 4 members (excludes halogenated alkanes) is 3. The van der Waals surface area contributed by atoms with Crippen molar-refractivity contribution in [3.8, 4) is 11.8 Å². The van der Waals surface area contributed by atoms with Crippen molar-refractivity contribution in [1.29, 1.82) is 0 Å². The van der Waals surface area contributed by atoms with E-state index in [-0.39, 0.29) is 5.41 Å². The van der Waals surface area contributed by atoms with Crippen molar-refractivity contribution in [3.05, 3.63) is 12.7 Å². The molecule has 0 aliphatic carbocycles. The first-order chi connectivity index (χ1) is 8.89. The maximum absolute atomic E-state index is 10.8. The summed E-state index contributed by atoms with van der Waals surface area (Å²) in [5, 5.41) is 14.9. The third kappa shape index (κ3) is 4.68. The van der Waals surface area contributed by atoms with Crippen LogP contribution in [0.2, 0.25) is 0 Å². The molecule has 0 aliphatic rings. The molecule has 0 spiro atoms. The average Bonchev–Trinajstić information content (AvgIpc) is 2.80. The second-order valence-electron chi connectivity index (χ2n) is 5.96. The first kappa shape index (κ1) is 15.7. The molecule has 19 heavy (non-hydrogen) atoms. The van der Waals surface area contributed by atoms with Gasteiger partial charge in [0.25, 0.3) is 0 Å². The molecule has 1 atom stereocenters. The lowest BCUT2D eigenvalue weighted by Crippen LogP contribution is -2.45. The molecule has 4 nitrogen and oxygen atoms in total. The highest BCUT2D eigenvalue weighted by molar-refractivity contribution is 5.17. The van der Waals surface area contributed by atoms with Crippen LogP contribution in [0, 0.1) is 17.3 Å². The second-order valence-corrected chi connectivity index (χ2v) is 5.96. The Hall–Kier alpha value is -1.34. The van der Waals surface area contributed by atoms with Gasteiger partial charge < -0.3 is 5.11 Å². The van der Waals surface area contributed by atoms with E-state index in [9.17, 15) is 5.11 Å². The van der Waals surface area contributed by atoms with Crippen LogP contribution in [-0.2, 0) is 6.54 Å². The lowest BCUT2D eigenvalue weighted by molar-refractivity contribution is -0.0215. The summed E-state index contributed by atoms with van der Waals surface area (Å²) in [7, 11) is 0. The van der Waals surface area contributed by atoms with Gasteiger partial charge in [0.2, 0.25) is 0 Å². The molecule has 0 aliphatic heterocycles. The smallest absolute Gasteiger partial charge is 0.149 e. The topological polar surface area (TPSA) is 50.9 Å². The van der Waals surface area contributed by atoms with Crippen LogP contribution in [0.3, 0.4) is 0 Å². The maximum Gasteiger partial charge on any atom is 0.149 e. The lowest BCUT2D eigenvalue weighted by Gasteiger charge is -2.35. The molecule has 0 radical (unpaired) electrons. The summed E-state index contributed by atoms with van der Waals surface area (Å²) in [6.07, 6.45) is 7.37. The highest BCUT2D eigenvalue weighted by atomic mass is 16.3. The van der Waals surface area contributed by atoms with Crippen molar-refractivity contribution in [2.45, 2.75) is 65.5 Å². The fraction of sp³-hybridized carbons (Fsp3) is 0.733. The molecule has 0 saturated carbocycles. The Labute approximate surface area is 116 Å². The summed E-state index contributed by atoms with van der Waals surface area (Å²) in [4.78, 5) is 3.90. The van der Waals surface area contributed by atoms with Gasteiger partial charge in [-0.05, 0) is 6.42 Å². The molecular formula is C15H25N3O. The fourth-order valence-corrected chi connectivity index (χ4v) is 1.69. The van der Waals surface area contributed by atoms with Gasteiger partial charge in [0.15, 0.2) is 0 Å². The molecule has 4 heteroatoms. The van der Waals surface area contributed by atoms with Gasteiger partial charge in [0.1, 0.15) is 18.3 Å². The Morgan fingerprint density at radius 1 is 1.26 bits per heavy atom. The van der Waals surface area contributed by atoms with Crippen LogP contribution in [0.4, 0.5) is 0 Å². The Bertz CT molecular complexity index is 422. The number of hydrogen-bond acceptors (Lipinski definition) is 3. The summed E-state index contributed by atoms with van der Waals surface area (Å²) in [5.41, 5.74) is -1.43. The molecule has 1 rings (SSSR count). The molecule has 0 saturated heterocycles. The van der Waals surface area contributed by atoms with Crippen molar-refractivity contribution in [2.75, 3.05) is 0 Å². The van der Waals surface area contributed by atoms with Gasteiger partial charge in [-0.25, -0.2) is 9.67 Å². The van der Waals surface area contributed by atoms with Gasteiger partial charge in [-0.15, -0.1) is 5.92 Å². The molecule has 0 amide bonds. The molecule has 0 aromatic carbocycles. The minimum absolute atomic E-state index is 0.337. The monoisotopic (exact) mass is 263 g/mol. The number of hydrogen-bond donors (Lipinski definition) is 1. The molecule has 0 fully saturated rings. The molecule has 1 aromatic rings. The Balaban J connectivity index is 2.76. The van der Waals surface area contributed by atoms with Crippen molar-refractivity contribution >= 4 is 0 Å². The Morgan fingerprint density at radius 3 is 2.53 bits per heavy atom. The van der Waals surface area contributed by atoms with E-state index in [1.54, 1.807) is 11.0 Å². The second kappa shape index (κ2) is 6.72. The largest absolute Gasteiger partial charge is 0.375 e. The van der Waals surface area contributed by atoms with Crippen molar-refractivity contribution in [1.82, 2.24) is 14.8 Å². The van der Waals surface area contributed by atoms with Gasteiger partial charge >= 0.3 is 0 Å². The average molecular weight is 263 g/mol. The quantitative estimate of drug-likeness (QED) is 0.656. The van der Waals surface area contributed by atoms with Crippen LogP contribution in [0.1, 0.15) is 53.4 Å². The zero-order valence-electron chi connectivity index (χ0n) is 12.5. The lowest BCUT2D eigenvalue weighted by atomic mass is 9.76. The van der Waals surface area contributed by atoms with Crippen LogP contribution in [0.25, 0.3) is 0 Å². The predicted molar refractivity (Wildman–Crippen MR) is 76.3 cm³/mol. The molecule has 1 N–H and O–H groups in total. The van der Waals surface area contributed by atoms with E-state index in [1.807, 2.05) is 20.8 Å². The van der Waals surface area contributed by atoms with Gasteiger partial charge in [-0.1, -0.05) is 46.5 Å². The molecular weight excluding hydrogens is 238 g/mol. The summed E-state index contributed by atoms with van der Waals surface area (Å²) in [6.45, 7) is 8.49. The maximum atomic E-state index is 10.8. The molecule has 1 aromatic heterocycles. The number of aromatic nitrogens is 3. The summed E-state index contributed by atoms with van der Waals surface area (Å²) in [5.74, 6) is 6.17. The standard InChI is InChI=1S/C15H25N3O/c1-5-6-7-8-9-10-15(19,14(2,3)4)11-18-13-16-12-17-18/h12-13,19H,5-8,11H2,1-4H3. The van der Waals surface area contributed by atoms with E-state index in [4.69, 9.17) is 0 Å². The van der Waals surface area contributed by atoms with Crippen LogP contribution in [0.15, 0.2) is 12.7 Å². The van der Waals surface area contributed by atoms with Crippen molar-refractivity contribution in [2.24, 2.45) is 5.41 Å². The molecule has 106 valence electrons.